The topological polar surface area (TPSA) is 0 Å². The molecule has 0 spiro atoms. The van der Waals surface area contributed by atoms with Gasteiger partial charge in [0.25, 0.3) is 0 Å². The lowest BCUT2D eigenvalue weighted by molar-refractivity contribution is 0.764. The molecule has 0 aromatic rings. The molecule has 0 nitrogen and oxygen atoms in total. The monoisotopic (exact) mass is 140 g/mol. The average Bonchev–Trinajstić information content (AvgIpc) is 1.60. The van der Waals surface area contributed by atoms with Gasteiger partial charge in [0.1, 0.15) is 0 Å². The summed E-state index contributed by atoms with van der Waals surface area (Å²) in [6, 6.07) is 0. The Morgan fingerprint density at radius 2 is 2.33 bits per heavy atom. The van der Waals surface area contributed by atoms with Crippen LogP contribution in [0.5, 0.6) is 0 Å². The van der Waals surface area contributed by atoms with Gasteiger partial charge in [0, 0.05) is 5.16 Å². The van der Waals surface area contributed by atoms with Gasteiger partial charge < -0.3 is 0 Å². The molecule has 50 valence electrons. The highest BCUT2D eigenvalue weighted by molar-refractivity contribution is 7.19. The standard InChI is InChI=1S/C8H13P/c1-7-4-3-5-8(2,9)6-7/h3-5H,6,9H2,1-2H3. The Kier molecular flexibility index (Phi) is 1.77. The van der Waals surface area contributed by atoms with Crippen molar-refractivity contribution in [3.63, 3.8) is 0 Å². The van der Waals surface area contributed by atoms with E-state index in [4.69, 9.17) is 0 Å². The summed E-state index contributed by atoms with van der Waals surface area (Å²) >= 11 is 0. The van der Waals surface area contributed by atoms with Crippen LogP contribution in [0.15, 0.2) is 23.8 Å². The fourth-order valence-corrected chi connectivity index (χ4v) is 1.58. The Labute approximate surface area is 59.2 Å². The maximum absolute atomic E-state index is 2.86. The summed E-state index contributed by atoms with van der Waals surface area (Å²) in [5, 5.41) is 0.318. The zero-order chi connectivity index (χ0) is 6.91. The molecular weight excluding hydrogens is 127 g/mol. The molecule has 1 heteroatoms. The van der Waals surface area contributed by atoms with E-state index in [-0.39, 0.29) is 0 Å². The Hall–Kier alpha value is -0.0900. The zero-order valence-corrected chi connectivity index (χ0v) is 7.17. The number of hydrogen-bond donors (Lipinski definition) is 0. The number of rotatable bonds is 0. The summed E-state index contributed by atoms with van der Waals surface area (Å²) < 4.78 is 0. The van der Waals surface area contributed by atoms with Crippen LogP contribution in [0.4, 0.5) is 0 Å². The van der Waals surface area contributed by atoms with Crippen molar-refractivity contribution in [3.05, 3.63) is 23.8 Å². The molecule has 0 saturated heterocycles. The van der Waals surface area contributed by atoms with Crippen LogP contribution in [-0.4, -0.2) is 5.16 Å². The van der Waals surface area contributed by atoms with E-state index >= 15 is 0 Å². The highest BCUT2D eigenvalue weighted by atomic mass is 31.0. The minimum Gasteiger partial charge on any atom is -0.127 e. The summed E-state index contributed by atoms with van der Waals surface area (Å²) in [7, 11) is 2.86. The maximum Gasteiger partial charge on any atom is 0.00389 e. The van der Waals surface area contributed by atoms with Crippen molar-refractivity contribution in [3.8, 4) is 0 Å². The van der Waals surface area contributed by atoms with E-state index in [9.17, 15) is 0 Å². The van der Waals surface area contributed by atoms with Gasteiger partial charge >= 0.3 is 0 Å². The van der Waals surface area contributed by atoms with Crippen molar-refractivity contribution < 1.29 is 0 Å². The van der Waals surface area contributed by atoms with Crippen LogP contribution in [0.25, 0.3) is 0 Å². The molecule has 0 fully saturated rings. The molecule has 0 N–H and O–H groups in total. The molecule has 0 amide bonds. The van der Waals surface area contributed by atoms with Crippen molar-refractivity contribution in [2.75, 3.05) is 0 Å². The smallest absolute Gasteiger partial charge is 0.00389 e. The lowest BCUT2D eigenvalue weighted by Crippen LogP contribution is -2.13. The highest BCUT2D eigenvalue weighted by Gasteiger charge is 2.15. The third-order valence-corrected chi connectivity index (χ3v) is 1.91. The van der Waals surface area contributed by atoms with E-state index in [1.54, 1.807) is 0 Å². The second kappa shape index (κ2) is 2.27. The zero-order valence-electron chi connectivity index (χ0n) is 6.02. The van der Waals surface area contributed by atoms with Gasteiger partial charge in [0.15, 0.2) is 0 Å². The molecule has 0 aromatic heterocycles. The third kappa shape index (κ3) is 1.95. The van der Waals surface area contributed by atoms with Crippen LogP contribution < -0.4 is 0 Å². The molecule has 0 heterocycles. The molecule has 1 aliphatic rings. The summed E-state index contributed by atoms with van der Waals surface area (Å²) in [5.41, 5.74) is 1.47. The molecule has 0 aromatic carbocycles. The molecule has 0 aliphatic heterocycles. The predicted molar refractivity (Wildman–Crippen MR) is 45.6 cm³/mol. The van der Waals surface area contributed by atoms with E-state index in [2.05, 4.69) is 41.3 Å². The van der Waals surface area contributed by atoms with Gasteiger partial charge in [-0.15, -0.1) is 9.24 Å². The van der Waals surface area contributed by atoms with Crippen molar-refractivity contribution in [1.82, 2.24) is 0 Å². The Morgan fingerprint density at radius 3 is 2.67 bits per heavy atom. The van der Waals surface area contributed by atoms with Gasteiger partial charge in [-0.1, -0.05) is 30.7 Å². The lowest BCUT2D eigenvalue weighted by Gasteiger charge is -2.22. The molecule has 2 unspecified atom stereocenters. The van der Waals surface area contributed by atoms with Crippen molar-refractivity contribution >= 4 is 9.24 Å². The SMILES string of the molecule is CC1=CC=CC(C)(P)C1. The summed E-state index contributed by atoms with van der Waals surface area (Å²) in [6.45, 7) is 4.40. The lowest BCUT2D eigenvalue weighted by atomic mass is 9.96. The Balaban J connectivity index is 2.73. The first kappa shape index (κ1) is 7.02. The molecule has 0 radical (unpaired) electrons. The molecule has 9 heavy (non-hydrogen) atoms. The van der Waals surface area contributed by atoms with E-state index in [1.807, 2.05) is 0 Å². The fraction of sp³-hybridized carbons (Fsp3) is 0.500. The third-order valence-electron chi connectivity index (χ3n) is 1.52. The minimum atomic E-state index is 0.318. The Morgan fingerprint density at radius 1 is 1.67 bits per heavy atom. The molecule has 0 saturated carbocycles. The summed E-state index contributed by atoms with van der Waals surface area (Å²) in [4.78, 5) is 0. The van der Waals surface area contributed by atoms with Gasteiger partial charge in [-0.05, 0) is 13.3 Å². The molecular formula is C8H13P. The summed E-state index contributed by atoms with van der Waals surface area (Å²) in [5.74, 6) is 0. The van der Waals surface area contributed by atoms with E-state index < -0.39 is 0 Å². The van der Waals surface area contributed by atoms with Crippen LogP contribution in [0, 0.1) is 0 Å². The molecule has 0 bridgehead atoms. The van der Waals surface area contributed by atoms with Gasteiger partial charge in [-0.2, -0.15) is 0 Å². The average molecular weight is 140 g/mol. The van der Waals surface area contributed by atoms with Gasteiger partial charge in [0.05, 0.1) is 0 Å². The van der Waals surface area contributed by atoms with Crippen molar-refractivity contribution in [2.45, 2.75) is 25.4 Å². The van der Waals surface area contributed by atoms with Crippen molar-refractivity contribution in [2.24, 2.45) is 0 Å². The van der Waals surface area contributed by atoms with Crippen LogP contribution in [0.2, 0.25) is 0 Å². The second-order valence-corrected chi connectivity index (χ2v) is 4.37. The molecule has 2 atom stereocenters. The van der Waals surface area contributed by atoms with Crippen molar-refractivity contribution in [1.29, 1.82) is 0 Å². The number of allylic oxidation sites excluding steroid dienone is 4. The Bertz CT molecular complexity index is 163. The number of hydrogen-bond acceptors (Lipinski definition) is 0. The highest BCUT2D eigenvalue weighted by Crippen LogP contribution is 2.30. The first-order valence-electron chi connectivity index (χ1n) is 3.24. The van der Waals surface area contributed by atoms with Crippen LogP contribution in [-0.2, 0) is 0 Å². The van der Waals surface area contributed by atoms with Gasteiger partial charge in [0.2, 0.25) is 0 Å². The normalized spacial score (nSPS) is 34.3. The quantitative estimate of drug-likeness (QED) is 0.453. The molecule has 1 rings (SSSR count). The van der Waals surface area contributed by atoms with E-state index in [1.165, 1.54) is 12.0 Å². The van der Waals surface area contributed by atoms with Crippen LogP contribution in [0.1, 0.15) is 20.3 Å². The predicted octanol–water partition coefficient (Wildman–Crippen LogP) is 2.53. The maximum atomic E-state index is 2.86. The first-order valence-corrected chi connectivity index (χ1v) is 3.82. The first-order chi connectivity index (χ1) is 4.10. The second-order valence-electron chi connectivity index (χ2n) is 3.05. The van der Waals surface area contributed by atoms with Gasteiger partial charge in [-0.3, -0.25) is 0 Å². The van der Waals surface area contributed by atoms with E-state index in [0.29, 0.717) is 5.16 Å². The largest absolute Gasteiger partial charge is 0.127 e. The molecule has 1 aliphatic carbocycles. The van der Waals surface area contributed by atoms with Crippen LogP contribution in [0.3, 0.4) is 0 Å². The fourth-order valence-electron chi connectivity index (χ4n) is 1.15. The van der Waals surface area contributed by atoms with E-state index in [0.717, 1.165) is 0 Å². The van der Waals surface area contributed by atoms with Crippen LogP contribution >= 0.6 is 9.24 Å². The van der Waals surface area contributed by atoms with Gasteiger partial charge in [-0.25, -0.2) is 0 Å². The summed E-state index contributed by atoms with van der Waals surface area (Å²) in [6.07, 6.45) is 7.70. The minimum absolute atomic E-state index is 0.318.